The van der Waals surface area contributed by atoms with E-state index in [2.05, 4.69) is 37.6 Å². The number of carbonyl (C=O) groups excluding carboxylic acids is 1. The number of nitrogens with one attached hydrogen (secondary N) is 2. The first-order chi connectivity index (χ1) is 14.2. The van der Waals surface area contributed by atoms with E-state index in [-0.39, 0.29) is 5.91 Å². The smallest absolute Gasteiger partial charge is 0.274 e. The van der Waals surface area contributed by atoms with Gasteiger partial charge >= 0.3 is 0 Å². The molecule has 2 N–H and O–H groups in total. The molecule has 0 bridgehead atoms. The van der Waals surface area contributed by atoms with E-state index in [9.17, 15) is 4.79 Å². The van der Waals surface area contributed by atoms with Crippen LogP contribution in [0, 0.1) is 6.92 Å². The first kappa shape index (κ1) is 18.9. The van der Waals surface area contributed by atoms with Crippen molar-refractivity contribution in [1.29, 1.82) is 0 Å². The van der Waals surface area contributed by atoms with Crippen LogP contribution in [0.2, 0.25) is 0 Å². The van der Waals surface area contributed by atoms with Crippen LogP contribution in [0.3, 0.4) is 0 Å². The highest BCUT2D eigenvalue weighted by molar-refractivity contribution is 6.03. The third kappa shape index (κ3) is 4.90. The topological polar surface area (TPSA) is 70.2 Å². The van der Waals surface area contributed by atoms with Crippen molar-refractivity contribution in [3.63, 3.8) is 0 Å². The summed E-state index contributed by atoms with van der Waals surface area (Å²) in [6.45, 7) is 4.05. The van der Waals surface area contributed by atoms with Crippen molar-refractivity contribution in [1.82, 2.24) is 9.97 Å². The van der Waals surface area contributed by atoms with Crippen LogP contribution in [0.5, 0.6) is 0 Å². The Hall–Kier alpha value is -3.41. The second kappa shape index (κ2) is 8.73. The lowest BCUT2D eigenvalue weighted by atomic mass is 10.1. The molecule has 0 spiro atoms. The van der Waals surface area contributed by atoms with E-state index in [1.165, 1.54) is 24.9 Å². The normalized spacial score (nSPS) is 13.8. The van der Waals surface area contributed by atoms with E-state index >= 15 is 0 Å². The molecular formula is C23H25N5O. The fraction of sp³-hybridized carbons (Fsp3) is 0.261. The maximum Gasteiger partial charge on any atom is 0.274 e. The summed E-state index contributed by atoms with van der Waals surface area (Å²) >= 11 is 0. The van der Waals surface area contributed by atoms with Crippen LogP contribution in [0.1, 0.15) is 35.4 Å². The maximum absolute atomic E-state index is 12.7. The Morgan fingerprint density at radius 1 is 0.897 bits per heavy atom. The zero-order valence-corrected chi connectivity index (χ0v) is 16.6. The van der Waals surface area contributed by atoms with Crippen molar-refractivity contribution in [3.05, 3.63) is 72.1 Å². The summed E-state index contributed by atoms with van der Waals surface area (Å²) in [6.07, 6.45) is 3.79. The van der Waals surface area contributed by atoms with E-state index in [1.807, 2.05) is 49.4 Å². The molecule has 4 rings (SSSR count). The number of benzene rings is 2. The highest BCUT2D eigenvalue weighted by Gasteiger charge is 2.13. The lowest BCUT2D eigenvalue weighted by Crippen LogP contribution is -2.29. The Balaban J connectivity index is 1.45. The van der Waals surface area contributed by atoms with Crippen LogP contribution in [0.25, 0.3) is 0 Å². The summed E-state index contributed by atoms with van der Waals surface area (Å²) in [5.41, 5.74) is 3.89. The highest BCUT2D eigenvalue weighted by Crippen LogP contribution is 2.22. The summed E-state index contributed by atoms with van der Waals surface area (Å²) < 4.78 is 0. The molecule has 6 nitrogen and oxygen atoms in total. The number of hydrogen-bond acceptors (Lipinski definition) is 5. The van der Waals surface area contributed by atoms with E-state index in [0.29, 0.717) is 11.6 Å². The third-order valence-electron chi connectivity index (χ3n) is 4.96. The second-order valence-corrected chi connectivity index (χ2v) is 7.26. The van der Waals surface area contributed by atoms with Crippen molar-refractivity contribution in [2.24, 2.45) is 0 Å². The Bertz CT molecular complexity index is 966. The number of aryl methyl sites for hydroxylation is 1. The highest BCUT2D eigenvalue weighted by atomic mass is 16.1. The van der Waals surface area contributed by atoms with E-state index in [1.54, 1.807) is 6.07 Å². The molecule has 0 atom stereocenters. The van der Waals surface area contributed by atoms with Crippen LogP contribution in [0.15, 0.2) is 60.7 Å². The molecule has 1 aliphatic heterocycles. The standard InChI is InChI=1S/C23H25N5O/c1-17-16-21(27-23(24-17)26-18-8-4-2-5-9-18)22(29)25-19-10-12-20(13-11-19)28-14-6-3-7-15-28/h2,4-5,8-13,16H,3,6-7,14-15H2,1H3,(H,25,29)(H,24,26,27). The molecule has 0 unspecified atom stereocenters. The van der Waals surface area contributed by atoms with E-state index in [4.69, 9.17) is 0 Å². The summed E-state index contributed by atoms with van der Waals surface area (Å²) in [7, 11) is 0. The van der Waals surface area contributed by atoms with Gasteiger partial charge in [-0.15, -0.1) is 0 Å². The predicted molar refractivity (Wildman–Crippen MR) is 117 cm³/mol. The minimum atomic E-state index is -0.252. The molecule has 1 amide bonds. The number of hydrogen-bond donors (Lipinski definition) is 2. The first-order valence-corrected chi connectivity index (χ1v) is 10.0. The molecule has 1 fully saturated rings. The summed E-state index contributed by atoms with van der Waals surface area (Å²) in [5.74, 6) is 0.152. The van der Waals surface area contributed by atoms with E-state index in [0.717, 1.165) is 30.2 Å². The van der Waals surface area contributed by atoms with Gasteiger partial charge in [0, 0.05) is 35.8 Å². The first-order valence-electron chi connectivity index (χ1n) is 10.0. The molecule has 2 aromatic carbocycles. The van der Waals surface area contributed by atoms with Crippen molar-refractivity contribution < 1.29 is 4.79 Å². The van der Waals surface area contributed by atoms with Gasteiger partial charge in [-0.25, -0.2) is 9.97 Å². The second-order valence-electron chi connectivity index (χ2n) is 7.26. The van der Waals surface area contributed by atoms with Gasteiger partial charge in [0.15, 0.2) is 0 Å². The number of carbonyl (C=O) groups is 1. The number of anilines is 4. The van der Waals surface area contributed by atoms with Crippen LogP contribution in [0.4, 0.5) is 23.0 Å². The molecule has 29 heavy (non-hydrogen) atoms. The van der Waals surface area contributed by atoms with Gasteiger partial charge in [-0.1, -0.05) is 18.2 Å². The van der Waals surface area contributed by atoms with Gasteiger partial charge in [-0.05, 0) is 68.7 Å². The third-order valence-corrected chi connectivity index (χ3v) is 4.96. The minimum absolute atomic E-state index is 0.252. The number of aromatic nitrogens is 2. The molecule has 1 aromatic heterocycles. The SMILES string of the molecule is Cc1cc(C(=O)Nc2ccc(N3CCCCC3)cc2)nc(Nc2ccccc2)n1. The maximum atomic E-state index is 12.7. The van der Waals surface area contributed by atoms with Crippen molar-refractivity contribution in [3.8, 4) is 0 Å². The number of para-hydroxylation sites is 1. The Kier molecular flexibility index (Phi) is 5.70. The number of nitrogens with zero attached hydrogens (tertiary/aromatic N) is 3. The average molecular weight is 387 g/mol. The summed E-state index contributed by atoms with van der Waals surface area (Å²) in [6, 6.07) is 19.4. The monoisotopic (exact) mass is 387 g/mol. The fourth-order valence-corrected chi connectivity index (χ4v) is 3.49. The summed E-state index contributed by atoms with van der Waals surface area (Å²) in [5, 5.41) is 6.07. The van der Waals surface area contributed by atoms with Crippen LogP contribution < -0.4 is 15.5 Å². The fourth-order valence-electron chi connectivity index (χ4n) is 3.49. The van der Waals surface area contributed by atoms with Crippen LogP contribution in [-0.2, 0) is 0 Å². The van der Waals surface area contributed by atoms with Crippen molar-refractivity contribution >= 4 is 28.9 Å². The summed E-state index contributed by atoms with van der Waals surface area (Å²) in [4.78, 5) is 23.9. The van der Waals surface area contributed by atoms with Gasteiger partial charge < -0.3 is 15.5 Å². The molecule has 0 aliphatic carbocycles. The molecule has 6 heteroatoms. The van der Waals surface area contributed by atoms with Gasteiger partial charge in [0.05, 0.1) is 0 Å². The van der Waals surface area contributed by atoms with Gasteiger partial charge in [-0.2, -0.15) is 0 Å². The largest absolute Gasteiger partial charge is 0.372 e. The average Bonchev–Trinajstić information content (AvgIpc) is 2.75. The lowest BCUT2D eigenvalue weighted by molar-refractivity contribution is 0.102. The zero-order valence-electron chi connectivity index (χ0n) is 16.6. The predicted octanol–water partition coefficient (Wildman–Crippen LogP) is 4.77. The molecule has 3 aromatic rings. The van der Waals surface area contributed by atoms with E-state index < -0.39 is 0 Å². The van der Waals surface area contributed by atoms with Gasteiger partial charge in [0.1, 0.15) is 5.69 Å². The van der Waals surface area contributed by atoms with Crippen molar-refractivity contribution in [2.45, 2.75) is 26.2 Å². The minimum Gasteiger partial charge on any atom is -0.372 e. The number of piperidine rings is 1. The lowest BCUT2D eigenvalue weighted by Gasteiger charge is -2.28. The van der Waals surface area contributed by atoms with Crippen LogP contribution in [-0.4, -0.2) is 29.0 Å². The zero-order chi connectivity index (χ0) is 20.1. The Morgan fingerprint density at radius 2 is 1.62 bits per heavy atom. The quantitative estimate of drug-likeness (QED) is 0.660. The van der Waals surface area contributed by atoms with Crippen molar-refractivity contribution in [2.75, 3.05) is 28.6 Å². The van der Waals surface area contributed by atoms with Gasteiger partial charge in [0.2, 0.25) is 5.95 Å². The van der Waals surface area contributed by atoms with Gasteiger partial charge in [0.25, 0.3) is 5.91 Å². The van der Waals surface area contributed by atoms with Gasteiger partial charge in [-0.3, -0.25) is 4.79 Å². The molecule has 2 heterocycles. The molecular weight excluding hydrogens is 362 g/mol. The molecule has 1 saturated heterocycles. The Labute approximate surface area is 171 Å². The molecule has 148 valence electrons. The number of rotatable bonds is 5. The number of amides is 1. The molecule has 1 aliphatic rings. The molecule has 0 radical (unpaired) electrons. The Morgan fingerprint density at radius 3 is 2.34 bits per heavy atom. The molecule has 0 saturated carbocycles. The van der Waals surface area contributed by atoms with Crippen LogP contribution >= 0.6 is 0 Å².